The molecule has 0 aromatic heterocycles. The van der Waals surface area contributed by atoms with Crippen LogP contribution in [-0.4, -0.2) is 34.3 Å². The Labute approximate surface area is 152 Å². The molecule has 1 heterocycles. The average Bonchev–Trinajstić information content (AvgIpc) is 2.90. The van der Waals surface area contributed by atoms with Crippen molar-refractivity contribution in [2.24, 2.45) is 5.92 Å². The summed E-state index contributed by atoms with van der Waals surface area (Å²) >= 11 is 0.982. The first-order valence-corrected chi connectivity index (χ1v) is 9.47. The molecule has 2 aliphatic rings. The summed E-state index contributed by atoms with van der Waals surface area (Å²) in [6.45, 7) is 1.98. The highest BCUT2D eigenvalue weighted by molar-refractivity contribution is 8.18. The Balaban J connectivity index is 1.80. The van der Waals surface area contributed by atoms with E-state index >= 15 is 0 Å². The number of ether oxygens (including phenoxy) is 1. The number of benzene rings is 1. The molecule has 25 heavy (non-hydrogen) atoms. The summed E-state index contributed by atoms with van der Waals surface area (Å²) in [5, 5.41) is 9.47. The first kappa shape index (κ1) is 17.9. The van der Waals surface area contributed by atoms with Crippen molar-refractivity contribution in [2.75, 3.05) is 7.11 Å². The van der Waals surface area contributed by atoms with Crippen molar-refractivity contribution in [3.8, 4) is 11.5 Å². The van der Waals surface area contributed by atoms with Crippen LogP contribution >= 0.6 is 11.8 Å². The van der Waals surface area contributed by atoms with E-state index in [2.05, 4.69) is 0 Å². The number of amides is 2. The molecule has 1 atom stereocenters. The molecule has 1 unspecified atom stereocenters. The van der Waals surface area contributed by atoms with Crippen molar-refractivity contribution in [1.29, 1.82) is 0 Å². The number of thioether (sulfide) groups is 1. The summed E-state index contributed by atoms with van der Waals surface area (Å²) in [6.07, 6.45) is 7.44. The fourth-order valence-corrected chi connectivity index (χ4v) is 4.51. The van der Waals surface area contributed by atoms with Crippen LogP contribution in [0.2, 0.25) is 0 Å². The first-order chi connectivity index (χ1) is 12.0. The number of phenolic OH excluding ortho intramolecular Hbond substituents is 1. The van der Waals surface area contributed by atoms with Crippen LogP contribution in [0, 0.1) is 5.92 Å². The highest BCUT2D eigenvalue weighted by Crippen LogP contribution is 2.38. The second-order valence-electron chi connectivity index (χ2n) is 6.62. The standard InChI is InChI=1S/C19H23NO4S/c1-12(14-6-4-3-5-7-14)20-18(22)17(25-19(20)23)11-13-8-9-15(21)16(10-13)24-2/h8-12,14,21H,3-7H2,1-2H3/b17-11-. The minimum atomic E-state index is -0.222. The van der Waals surface area contributed by atoms with Gasteiger partial charge in [-0.25, -0.2) is 0 Å². The average molecular weight is 361 g/mol. The summed E-state index contributed by atoms with van der Waals surface area (Å²) in [6, 6.07) is 4.79. The number of imide groups is 1. The Hall–Kier alpha value is -1.95. The van der Waals surface area contributed by atoms with Crippen LogP contribution in [0.4, 0.5) is 4.79 Å². The summed E-state index contributed by atoms with van der Waals surface area (Å²) in [4.78, 5) is 27.0. The molecule has 0 bridgehead atoms. The van der Waals surface area contributed by atoms with Gasteiger partial charge in [0.2, 0.25) is 0 Å². The minimum absolute atomic E-state index is 0.0404. The van der Waals surface area contributed by atoms with Crippen molar-refractivity contribution in [1.82, 2.24) is 4.90 Å². The molecule has 1 aliphatic heterocycles. The van der Waals surface area contributed by atoms with Gasteiger partial charge < -0.3 is 9.84 Å². The van der Waals surface area contributed by atoms with E-state index in [9.17, 15) is 14.7 Å². The highest BCUT2D eigenvalue weighted by atomic mass is 32.2. The lowest BCUT2D eigenvalue weighted by Crippen LogP contribution is -2.42. The molecule has 1 aromatic carbocycles. The van der Waals surface area contributed by atoms with Gasteiger partial charge in [0.25, 0.3) is 11.1 Å². The molecule has 1 aliphatic carbocycles. The zero-order valence-electron chi connectivity index (χ0n) is 14.5. The van der Waals surface area contributed by atoms with Crippen molar-refractivity contribution < 1.29 is 19.4 Å². The molecule has 6 heteroatoms. The monoisotopic (exact) mass is 361 g/mol. The van der Waals surface area contributed by atoms with Gasteiger partial charge in [-0.15, -0.1) is 0 Å². The van der Waals surface area contributed by atoms with Gasteiger partial charge in [-0.3, -0.25) is 14.5 Å². The third-order valence-corrected chi connectivity index (χ3v) is 5.95. The Morgan fingerprint density at radius 2 is 2.00 bits per heavy atom. The molecule has 3 rings (SSSR count). The van der Waals surface area contributed by atoms with Gasteiger partial charge in [0, 0.05) is 6.04 Å². The van der Waals surface area contributed by atoms with Crippen molar-refractivity contribution in [2.45, 2.75) is 45.1 Å². The van der Waals surface area contributed by atoms with Crippen LogP contribution < -0.4 is 4.74 Å². The number of aromatic hydroxyl groups is 1. The molecule has 5 nitrogen and oxygen atoms in total. The zero-order valence-corrected chi connectivity index (χ0v) is 15.3. The van der Waals surface area contributed by atoms with E-state index < -0.39 is 0 Å². The maximum absolute atomic E-state index is 12.8. The number of carbonyl (C=O) groups is 2. The van der Waals surface area contributed by atoms with Crippen LogP contribution in [0.25, 0.3) is 6.08 Å². The van der Waals surface area contributed by atoms with Crippen LogP contribution in [0.3, 0.4) is 0 Å². The van der Waals surface area contributed by atoms with Crippen LogP contribution in [0.15, 0.2) is 23.1 Å². The third kappa shape index (κ3) is 3.68. The Bertz CT molecular complexity index is 709. The summed E-state index contributed by atoms with van der Waals surface area (Å²) in [5.41, 5.74) is 0.713. The highest BCUT2D eigenvalue weighted by Gasteiger charge is 2.40. The minimum Gasteiger partial charge on any atom is -0.504 e. The summed E-state index contributed by atoms with van der Waals surface area (Å²) < 4.78 is 5.09. The van der Waals surface area contributed by atoms with Crippen molar-refractivity contribution >= 4 is 29.0 Å². The van der Waals surface area contributed by atoms with E-state index in [-0.39, 0.29) is 22.9 Å². The number of nitrogens with zero attached hydrogens (tertiary/aromatic N) is 1. The Kier molecular flexibility index (Phi) is 5.37. The molecule has 1 N–H and O–H groups in total. The maximum atomic E-state index is 12.8. The van der Waals surface area contributed by atoms with E-state index in [1.807, 2.05) is 6.92 Å². The Morgan fingerprint density at radius 3 is 2.68 bits per heavy atom. The molecule has 1 saturated heterocycles. The number of methoxy groups -OCH3 is 1. The number of phenols is 1. The molecule has 1 saturated carbocycles. The van der Waals surface area contributed by atoms with Crippen molar-refractivity contribution in [3.63, 3.8) is 0 Å². The molecule has 1 aromatic rings. The molecular formula is C19H23NO4S. The predicted octanol–water partition coefficient (Wildman–Crippen LogP) is 4.41. The fraction of sp³-hybridized carbons (Fsp3) is 0.474. The topological polar surface area (TPSA) is 66.8 Å². The Morgan fingerprint density at radius 1 is 1.28 bits per heavy atom. The SMILES string of the molecule is COc1cc(/C=C2\SC(=O)N(C(C)C3CCCCC3)C2=O)ccc1O. The van der Waals surface area contributed by atoms with Crippen LogP contribution in [-0.2, 0) is 4.79 Å². The third-order valence-electron chi connectivity index (χ3n) is 5.06. The molecule has 2 amide bonds. The van der Waals surface area contributed by atoms with Gasteiger partial charge in [-0.1, -0.05) is 25.3 Å². The van der Waals surface area contributed by atoms with Crippen LogP contribution in [0.5, 0.6) is 11.5 Å². The normalized spacial score (nSPS) is 21.8. The number of hydrogen-bond acceptors (Lipinski definition) is 5. The summed E-state index contributed by atoms with van der Waals surface area (Å²) in [7, 11) is 1.47. The van der Waals surface area contributed by atoms with E-state index in [4.69, 9.17) is 4.74 Å². The second kappa shape index (κ2) is 7.52. The van der Waals surface area contributed by atoms with Gasteiger partial charge in [-0.2, -0.15) is 0 Å². The van der Waals surface area contributed by atoms with Gasteiger partial charge in [-0.05, 0) is 61.2 Å². The van der Waals surface area contributed by atoms with E-state index in [1.165, 1.54) is 37.3 Å². The molecule has 2 fully saturated rings. The van der Waals surface area contributed by atoms with Crippen molar-refractivity contribution in [3.05, 3.63) is 28.7 Å². The lowest BCUT2D eigenvalue weighted by Gasteiger charge is -2.32. The van der Waals surface area contributed by atoms with E-state index in [1.54, 1.807) is 18.2 Å². The molecule has 0 radical (unpaired) electrons. The second-order valence-corrected chi connectivity index (χ2v) is 7.61. The molecule has 134 valence electrons. The molecule has 0 spiro atoms. The number of rotatable bonds is 4. The largest absolute Gasteiger partial charge is 0.504 e. The van der Waals surface area contributed by atoms with Gasteiger partial charge >= 0.3 is 0 Å². The fourth-order valence-electron chi connectivity index (χ4n) is 3.59. The first-order valence-electron chi connectivity index (χ1n) is 8.65. The summed E-state index contributed by atoms with van der Waals surface area (Å²) in [5.74, 6) is 0.553. The number of hydrogen-bond donors (Lipinski definition) is 1. The van der Waals surface area contributed by atoms with Crippen LogP contribution in [0.1, 0.15) is 44.6 Å². The lowest BCUT2D eigenvalue weighted by atomic mass is 9.84. The van der Waals surface area contributed by atoms with Gasteiger partial charge in [0.15, 0.2) is 11.5 Å². The molecular weight excluding hydrogens is 338 g/mol. The zero-order chi connectivity index (χ0) is 18.0. The lowest BCUT2D eigenvalue weighted by molar-refractivity contribution is -0.125. The predicted molar refractivity (Wildman–Crippen MR) is 98.5 cm³/mol. The van der Waals surface area contributed by atoms with Gasteiger partial charge in [0.05, 0.1) is 12.0 Å². The maximum Gasteiger partial charge on any atom is 0.293 e. The number of carbonyl (C=O) groups excluding carboxylic acids is 2. The quantitative estimate of drug-likeness (QED) is 0.805. The van der Waals surface area contributed by atoms with E-state index in [0.717, 1.165) is 24.6 Å². The van der Waals surface area contributed by atoms with Gasteiger partial charge in [0.1, 0.15) is 0 Å². The smallest absolute Gasteiger partial charge is 0.293 e. The van der Waals surface area contributed by atoms with E-state index in [0.29, 0.717) is 22.1 Å².